The predicted molar refractivity (Wildman–Crippen MR) is 149 cm³/mol. The zero-order chi connectivity index (χ0) is 28.0. The Labute approximate surface area is 232 Å². The van der Waals surface area contributed by atoms with Crippen LogP contribution < -0.4 is 14.8 Å². The Kier molecular flexibility index (Phi) is 10.3. The fourth-order valence-electron chi connectivity index (χ4n) is 5.85. The lowest BCUT2D eigenvalue weighted by Crippen LogP contribution is -2.55. The molecule has 38 heavy (non-hydrogen) atoms. The third kappa shape index (κ3) is 7.33. The summed E-state index contributed by atoms with van der Waals surface area (Å²) in [5.74, 6) is 1.35. The van der Waals surface area contributed by atoms with Crippen molar-refractivity contribution >= 4 is 29.1 Å². The van der Waals surface area contributed by atoms with Crippen molar-refractivity contribution < 1.29 is 24.3 Å². The molecular formula is C29H44ClN3O5. The molecule has 2 amide bonds. The molecular weight excluding hydrogens is 506 g/mol. The number of carbonyl (C=O) groups excluding carboxylic acids is 2. The summed E-state index contributed by atoms with van der Waals surface area (Å²) in [7, 11) is 3.06. The molecule has 0 bridgehead atoms. The lowest BCUT2D eigenvalue weighted by atomic mass is 9.84. The van der Waals surface area contributed by atoms with Gasteiger partial charge in [0, 0.05) is 30.6 Å². The molecule has 1 aromatic carbocycles. The molecule has 3 unspecified atom stereocenters. The number of ether oxygens (including phenoxy) is 2. The van der Waals surface area contributed by atoms with Gasteiger partial charge in [0.2, 0.25) is 11.8 Å². The second-order valence-corrected chi connectivity index (χ2v) is 12.4. The van der Waals surface area contributed by atoms with Crippen molar-refractivity contribution in [1.29, 1.82) is 0 Å². The number of methoxy groups -OCH3 is 2. The van der Waals surface area contributed by atoms with Crippen LogP contribution in [0, 0.1) is 17.3 Å². The number of benzene rings is 1. The van der Waals surface area contributed by atoms with Gasteiger partial charge >= 0.3 is 0 Å². The number of nitrogens with one attached hydrogen (secondary N) is 1. The summed E-state index contributed by atoms with van der Waals surface area (Å²) >= 11 is 6.34. The molecule has 1 aliphatic carbocycles. The van der Waals surface area contributed by atoms with Crippen LogP contribution in [0.25, 0.3) is 0 Å². The van der Waals surface area contributed by atoms with E-state index in [1.807, 2.05) is 32.6 Å². The van der Waals surface area contributed by atoms with E-state index in [1.165, 1.54) is 33.5 Å². The Balaban J connectivity index is 1.71. The third-order valence-corrected chi connectivity index (χ3v) is 8.24. The second kappa shape index (κ2) is 13.0. The average molecular weight is 550 g/mol. The maximum atomic E-state index is 13.8. The lowest BCUT2D eigenvalue weighted by Gasteiger charge is -2.35. The molecule has 0 spiro atoms. The SMILES string of the molecule is COc1cc(OC)c(/C(CC2CC(C)N(C(=O)C(NC(=O)CC3CCCCC3)C(C)(C)C)C2)=N/O)cc1Cl. The van der Waals surface area contributed by atoms with Gasteiger partial charge in [0.15, 0.2) is 0 Å². The molecule has 3 atom stereocenters. The monoisotopic (exact) mass is 549 g/mol. The Morgan fingerprint density at radius 2 is 1.76 bits per heavy atom. The van der Waals surface area contributed by atoms with Crippen LogP contribution in [0.2, 0.25) is 5.02 Å². The number of carbonyl (C=O) groups is 2. The first-order chi connectivity index (χ1) is 18.0. The smallest absolute Gasteiger partial charge is 0.245 e. The summed E-state index contributed by atoms with van der Waals surface area (Å²) in [6.07, 6.45) is 7.47. The highest BCUT2D eigenvalue weighted by molar-refractivity contribution is 6.32. The first kappa shape index (κ1) is 30.1. The molecule has 1 aliphatic heterocycles. The summed E-state index contributed by atoms with van der Waals surface area (Å²) in [5.41, 5.74) is 0.592. The molecule has 0 aromatic heterocycles. The van der Waals surface area contributed by atoms with Crippen molar-refractivity contribution in [3.05, 3.63) is 22.7 Å². The summed E-state index contributed by atoms with van der Waals surface area (Å²) < 4.78 is 10.8. The van der Waals surface area contributed by atoms with Gasteiger partial charge in [0.1, 0.15) is 17.5 Å². The van der Waals surface area contributed by atoms with Gasteiger partial charge in [-0.2, -0.15) is 0 Å². The molecule has 2 N–H and O–H groups in total. The lowest BCUT2D eigenvalue weighted by molar-refractivity contribution is -0.140. The average Bonchev–Trinajstić information content (AvgIpc) is 3.25. The molecule has 212 valence electrons. The Morgan fingerprint density at radius 3 is 2.34 bits per heavy atom. The van der Waals surface area contributed by atoms with E-state index < -0.39 is 11.5 Å². The van der Waals surface area contributed by atoms with Gasteiger partial charge in [-0.1, -0.05) is 56.8 Å². The van der Waals surface area contributed by atoms with Crippen molar-refractivity contribution in [2.45, 2.75) is 91.1 Å². The number of hydrogen-bond donors (Lipinski definition) is 2. The van der Waals surface area contributed by atoms with E-state index in [4.69, 9.17) is 21.1 Å². The summed E-state index contributed by atoms with van der Waals surface area (Å²) in [6, 6.07) is 2.73. The maximum absolute atomic E-state index is 13.8. The van der Waals surface area contributed by atoms with E-state index in [0.717, 1.165) is 19.3 Å². The van der Waals surface area contributed by atoms with Crippen molar-refractivity contribution in [2.75, 3.05) is 20.8 Å². The molecule has 0 radical (unpaired) electrons. The predicted octanol–water partition coefficient (Wildman–Crippen LogP) is 5.66. The molecule has 2 fully saturated rings. The number of oxime groups is 1. The number of halogens is 1. The fraction of sp³-hybridized carbons (Fsp3) is 0.690. The standard InChI is InChI=1S/C29H44ClN3O5/c1-18-12-20(13-23(32-36)21-15-22(30)25(38-6)16-24(21)37-5)17-33(18)28(35)27(29(2,3)4)31-26(34)14-19-10-8-7-9-11-19/h15-16,18-20,27,36H,7-14,17H2,1-6H3,(H,31,34)/b32-23+. The molecule has 3 rings (SSSR count). The van der Waals surface area contributed by atoms with Crippen LogP contribution in [0.1, 0.15) is 84.6 Å². The van der Waals surface area contributed by atoms with E-state index in [0.29, 0.717) is 53.1 Å². The van der Waals surface area contributed by atoms with Gasteiger partial charge in [-0.25, -0.2) is 0 Å². The van der Waals surface area contributed by atoms with E-state index in [-0.39, 0.29) is 23.8 Å². The molecule has 2 aliphatic rings. The highest BCUT2D eigenvalue weighted by atomic mass is 35.5. The van der Waals surface area contributed by atoms with Gasteiger partial charge in [0.05, 0.1) is 25.0 Å². The van der Waals surface area contributed by atoms with Crippen molar-refractivity contribution in [3.63, 3.8) is 0 Å². The Hall–Kier alpha value is -2.48. The third-order valence-electron chi connectivity index (χ3n) is 7.95. The number of rotatable bonds is 9. The van der Waals surface area contributed by atoms with Crippen molar-refractivity contribution in [3.8, 4) is 11.5 Å². The maximum Gasteiger partial charge on any atom is 0.245 e. The quantitative estimate of drug-likeness (QED) is 0.235. The summed E-state index contributed by atoms with van der Waals surface area (Å²) in [5, 5.41) is 16.9. The number of likely N-dealkylation sites (tertiary alicyclic amines) is 1. The fourth-order valence-corrected chi connectivity index (χ4v) is 6.09. The van der Waals surface area contributed by atoms with Gasteiger partial charge in [-0.05, 0) is 55.9 Å². The van der Waals surface area contributed by atoms with Crippen LogP contribution in [-0.2, 0) is 9.59 Å². The van der Waals surface area contributed by atoms with Gasteiger partial charge in [-0.15, -0.1) is 0 Å². The Morgan fingerprint density at radius 1 is 1.11 bits per heavy atom. The van der Waals surface area contributed by atoms with Crippen LogP contribution in [-0.4, -0.2) is 60.5 Å². The normalized spacial score (nSPS) is 21.8. The zero-order valence-electron chi connectivity index (χ0n) is 23.7. The molecule has 9 heteroatoms. The second-order valence-electron chi connectivity index (χ2n) is 12.0. The van der Waals surface area contributed by atoms with Crippen LogP contribution >= 0.6 is 11.6 Å². The van der Waals surface area contributed by atoms with Crippen molar-refractivity contribution in [1.82, 2.24) is 10.2 Å². The zero-order valence-corrected chi connectivity index (χ0v) is 24.4. The van der Waals surface area contributed by atoms with Gasteiger partial charge < -0.3 is 24.9 Å². The van der Waals surface area contributed by atoms with E-state index >= 15 is 0 Å². The number of hydrogen-bond acceptors (Lipinski definition) is 6. The van der Waals surface area contributed by atoms with E-state index in [9.17, 15) is 14.8 Å². The van der Waals surface area contributed by atoms with Crippen molar-refractivity contribution in [2.24, 2.45) is 22.4 Å². The summed E-state index contributed by atoms with van der Waals surface area (Å²) in [6.45, 7) is 8.51. The summed E-state index contributed by atoms with van der Waals surface area (Å²) in [4.78, 5) is 28.6. The first-order valence-corrected chi connectivity index (χ1v) is 14.1. The highest BCUT2D eigenvalue weighted by Crippen LogP contribution is 2.36. The van der Waals surface area contributed by atoms with Crippen LogP contribution in [0.4, 0.5) is 0 Å². The largest absolute Gasteiger partial charge is 0.496 e. The minimum atomic E-state index is -0.605. The highest BCUT2D eigenvalue weighted by Gasteiger charge is 2.41. The van der Waals surface area contributed by atoms with Gasteiger partial charge in [-0.3, -0.25) is 9.59 Å². The van der Waals surface area contributed by atoms with E-state index in [1.54, 1.807) is 12.1 Å². The molecule has 1 aromatic rings. The van der Waals surface area contributed by atoms with E-state index in [2.05, 4.69) is 10.5 Å². The number of amides is 2. The Bertz CT molecular complexity index is 1020. The molecule has 1 saturated heterocycles. The minimum absolute atomic E-state index is 0.00566. The molecule has 1 heterocycles. The van der Waals surface area contributed by atoms with Crippen LogP contribution in [0.3, 0.4) is 0 Å². The minimum Gasteiger partial charge on any atom is -0.496 e. The van der Waals surface area contributed by atoms with Crippen LogP contribution in [0.5, 0.6) is 11.5 Å². The topological polar surface area (TPSA) is 100 Å². The molecule has 8 nitrogen and oxygen atoms in total. The van der Waals surface area contributed by atoms with Crippen LogP contribution in [0.15, 0.2) is 17.3 Å². The van der Waals surface area contributed by atoms with Gasteiger partial charge in [0.25, 0.3) is 0 Å². The molecule has 1 saturated carbocycles. The first-order valence-electron chi connectivity index (χ1n) is 13.7. The number of nitrogens with zero attached hydrogens (tertiary/aromatic N) is 2.